The zero-order chi connectivity index (χ0) is 17.1. The SMILES string of the molecule is CC(=O)Nc1cccc(NC(=O)CSc2nnc(C)n2C2CC2)c1. The molecule has 1 heterocycles. The molecule has 2 N–H and O–H groups in total. The summed E-state index contributed by atoms with van der Waals surface area (Å²) in [6, 6.07) is 7.54. The summed E-state index contributed by atoms with van der Waals surface area (Å²) in [4.78, 5) is 23.2. The van der Waals surface area contributed by atoms with Gasteiger partial charge in [0.1, 0.15) is 5.82 Å². The molecule has 0 bridgehead atoms. The maximum absolute atomic E-state index is 12.1. The van der Waals surface area contributed by atoms with Crippen LogP contribution in [0.25, 0.3) is 0 Å². The Morgan fingerprint density at radius 3 is 2.62 bits per heavy atom. The quantitative estimate of drug-likeness (QED) is 0.786. The third-order valence-electron chi connectivity index (χ3n) is 3.55. The van der Waals surface area contributed by atoms with Crippen molar-refractivity contribution in [3.63, 3.8) is 0 Å². The van der Waals surface area contributed by atoms with E-state index in [4.69, 9.17) is 0 Å². The lowest BCUT2D eigenvalue weighted by atomic mass is 10.2. The molecule has 0 unspecified atom stereocenters. The number of hydrogen-bond donors (Lipinski definition) is 2. The average Bonchev–Trinajstić information content (AvgIpc) is 3.28. The maximum Gasteiger partial charge on any atom is 0.234 e. The summed E-state index contributed by atoms with van der Waals surface area (Å²) >= 11 is 1.39. The van der Waals surface area contributed by atoms with Crippen molar-refractivity contribution in [2.24, 2.45) is 0 Å². The van der Waals surface area contributed by atoms with E-state index in [0.29, 0.717) is 17.4 Å². The second kappa shape index (κ2) is 7.04. The molecule has 1 saturated carbocycles. The third kappa shape index (κ3) is 4.14. The third-order valence-corrected chi connectivity index (χ3v) is 4.49. The molecule has 0 spiro atoms. The predicted molar refractivity (Wildman–Crippen MR) is 93.1 cm³/mol. The Morgan fingerprint density at radius 2 is 1.96 bits per heavy atom. The number of hydrogen-bond acceptors (Lipinski definition) is 5. The fraction of sp³-hybridized carbons (Fsp3) is 0.375. The fourth-order valence-corrected chi connectivity index (χ4v) is 3.26. The number of carbonyl (C=O) groups excluding carboxylic acids is 2. The van der Waals surface area contributed by atoms with Crippen LogP contribution < -0.4 is 10.6 Å². The monoisotopic (exact) mass is 345 g/mol. The molecule has 24 heavy (non-hydrogen) atoms. The largest absolute Gasteiger partial charge is 0.326 e. The Balaban J connectivity index is 1.57. The Morgan fingerprint density at radius 1 is 1.25 bits per heavy atom. The van der Waals surface area contributed by atoms with Crippen LogP contribution in [0.1, 0.15) is 31.6 Å². The molecule has 126 valence electrons. The van der Waals surface area contributed by atoms with E-state index >= 15 is 0 Å². The van der Waals surface area contributed by atoms with Crippen LogP contribution in [-0.2, 0) is 9.59 Å². The minimum atomic E-state index is -0.149. The van der Waals surface area contributed by atoms with Crippen LogP contribution in [0.15, 0.2) is 29.4 Å². The van der Waals surface area contributed by atoms with Crippen LogP contribution in [0.4, 0.5) is 11.4 Å². The van der Waals surface area contributed by atoms with Gasteiger partial charge in [-0.25, -0.2) is 0 Å². The molecule has 0 aliphatic heterocycles. The van der Waals surface area contributed by atoms with Gasteiger partial charge in [0.2, 0.25) is 11.8 Å². The highest BCUT2D eigenvalue weighted by atomic mass is 32.2. The molecule has 7 nitrogen and oxygen atoms in total. The van der Waals surface area contributed by atoms with Crippen LogP contribution in [0, 0.1) is 6.92 Å². The van der Waals surface area contributed by atoms with Crippen LogP contribution in [0.3, 0.4) is 0 Å². The number of nitrogens with one attached hydrogen (secondary N) is 2. The van der Waals surface area contributed by atoms with E-state index in [9.17, 15) is 9.59 Å². The van der Waals surface area contributed by atoms with Gasteiger partial charge in [-0.2, -0.15) is 0 Å². The summed E-state index contributed by atoms with van der Waals surface area (Å²) in [6.07, 6.45) is 2.29. The Bertz CT molecular complexity index is 770. The van der Waals surface area contributed by atoms with Gasteiger partial charge in [0.05, 0.1) is 5.75 Å². The number of carbonyl (C=O) groups is 2. The van der Waals surface area contributed by atoms with Crippen molar-refractivity contribution in [3.8, 4) is 0 Å². The number of aromatic nitrogens is 3. The minimum Gasteiger partial charge on any atom is -0.326 e. The van der Waals surface area contributed by atoms with E-state index in [0.717, 1.165) is 23.8 Å². The number of aryl methyl sites for hydroxylation is 1. The number of benzene rings is 1. The van der Waals surface area contributed by atoms with Crippen molar-refractivity contribution in [1.82, 2.24) is 14.8 Å². The molecule has 1 aliphatic rings. The summed E-state index contributed by atoms with van der Waals surface area (Å²) < 4.78 is 2.11. The molecule has 1 fully saturated rings. The predicted octanol–water partition coefficient (Wildman–Crippen LogP) is 2.61. The van der Waals surface area contributed by atoms with Gasteiger partial charge in [-0.3, -0.25) is 9.59 Å². The van der Waals surface area contributed by atoms with Gasteiger partial charge in [-0.1, -0.05) is 17.8 Å². The zero-order valence-electron chi connectivity index (χ0n) is 13.6. The molecular weight excluding hydrogens is 326 g/mol. The first kappa shape index (κ1) is 16.5. The highest BCUT2D eigenvalue weighted by Crippen LogP contribution is 2.38. The van der Waals surface area contributed by atoms with E-state index in [1.807, 2.05) is 6.92 Å². The molecule has 1 aromatic carbocycles. The number of nitrogens with zero attached hydrogens (tertiary/aromatic N) is 3. The smallest absolute Gasteiger partial charge is 0.234 e. The molecule has 0 saturated heterocycles. The number of anilines is 2. The molecule has 0 atom stereocenters. The van der Waals surface area contributed by atoms with Crippen LogP contribution in [0.2, 0.25) is 0 Å². The first-order valence-corrected chi connectivity index (χ1v) is 8.73. The summed E-state index contributed by atoms with van der Waals surface area (Å²) in [5.41, 5.74) is 1.30. The van der Waals surface area contributed by atoms with E-state index < -0.39 is 0 Å². The summed E-state index contributed by atoms with van der Waals surface area (Å²) in [7, 11) is 0. The van der Waals surface area contributed by atoms with Crippen molar-refractivity contribution in [2.75, 3.05) is 16.4 Å². The molecule has 1 aliphatic carbocycles. The van der Waals surface area contributed by atoms with E-state index in [-0.39, 0.29) is 17.6 Å². The number of rotatable bonds is 6. The molecule has 1 aromatic heterocycles. The second-order valence-electron chi connectivity index (χ2n) is 5.73. The van der Waals surface area contributed by atoms with Gasteiger partial charge in [0, 0.05) is 24.3 Å². The molecule has 2 amide bonds. The van der Waals surface area contributed by atoms with Gasteiger partial charge >= 0.3 is 0 Å². The maximum atomic E-state index is 12.1. The fourth-order valence-electron chi connectivity index (χ4n) is 2.41. The van der Waals surface area contributed by atoms with Crippen molar-refractivity contribution in [3.05, 3.63) is 30.1 Å². The van der Waals surface area contributed by atoms with Gasteiger partial charge in [0.15, 0.2) is 5.16 Å². The Kier molecular flexibility index (Phi) is 4.84. The van der Waals surface area contributed by atoms with Crippen molar-refractivity contribution in [1.29, 1.82) is 0 Å². The van der Waals surface area contributed by atoms with Crippen molar-refractivity contribution >= 4 is 35.0 Å². The Labute approximate surface area is 144 Å². The first-order chi connectivity index (χ1) is 11.5. The molecule has 3 rings (SSSR count). The first-order valence-electron chi connectivity index (χ1n) is 7.75. The Hall–Kier alpha value is -2.35. The van der Waals surface area contributed by atoms with E-state index in [1.165, 1.54) is 18.7 Å². The number of thioether (sulfide) groups is 1. The summed E-state index contributed by atoms with van der Waals surface area (Å²) in [6.45, 7) is 3.38. The lowest BCUT2D eigenvalue weighted by molar-refractivity contribution is -0.114. The normalized spacial score (nSPS) is 13.6. The van der Waals surface area contributed by atoms with E-state index in [1.54, 1.807) is 24.3 Å². The topological polar surface area (TPSA) is 88.9 Å². The highest BCUT2D eigenvalue weighted by molar-refractivity contribution is 7.99. The zero-order valence-corrected chi connectivity index (χ0v) is 14.4. The van der Waals surface area contributed by atoms with Crippen molar-refractivity contribution in [2.45, 2.75) is 37.9 Å². The minimum absolute atomic E-state index is 0.122. The molecule has 2 aromatic rings. The van der Waals surface area contributed by atoms with Crippen LogP contribution in [-0.4, -0.2) is 32.3 Å². The highest BCUT2D eigenvalue weighted by Gasteiger charge is 2.28. The van der Waals surface area contributed by atoms with Crippen molar-refractivity contribution < 1.29 is 9.59 Å². The van der Waals surface area contributed by atoms with Gasteiger partial charge in [-0.15, -0.1) is 10.2 Å². The molecular formula is C16H19N5O2S. The molecule has 0 radical (unpaired) electrons. The van der Waals surface area contributed by atoms with Gasteiger partial charge in [-0.05, 0) is 38.0 Å². The summed E-state index contributed by atoms with van der Waals surface area (Å²) in [5, 5.41) is 14.6. The van der Waals surface area contributed by atoms with E-state index in [2.05, 4.69) is 25.4 Å². The molecule has 8 heteroatoms. The number of amides is 2. The van der Waals surface area contributed by atoms with Crippen LogP contribution in [0.5, 0.6) is 0 Å². The lowest BCUT2D eigenvalue weighted by Crippen LogP contribution is -2.15. The summed E-state index contributed by atoms with van der Waals surface area (Å²) in [5.74, 6) is 0.880. The van der Waals surface area contributed by atoms with Crippen LogP contribution >= 0.6 is 11.8 Å². The lowest BCUT2D eigenvalue weighted by Gasteiger charge is -2.08. The average molecular weight is 345 g/mol. The second-order valence-corrected chi connectivity index (χ2v) is 6.67. The standard InChI is InChI=1S/C16H19N5O2S/c1-10-19-20-16(21(10)14-6-7-14)24-9-15(23)18-13-5-3-4-12(8-13)17-11(2)22/h3-5,8,14H,6-7,9H2,1-2H3,(H,17,22)(H,18,23). The van der Waals surface area contributed by atoms with Gasteiger partial charge < -0.3 is 15.2 Å². The van der Waals surface area contributed by atoms with Gasteiger partial charge in [0.25, 0.3) is 0 Å².